The van der Waals surface area contributed by atoms with Crippen molar-refractivity contribution in [3.63, 3.8) is 0 Å². The molecule has 0 aliphatic rings. The zero-order chi connectivity index (χ0) is 15.9. The van der Waals surface area contributed by atoms with Crippen LogP contribution >= 0.6 is 11.8 Å². The number of rotatable bonds is 14. The van der Waals surface area contributed by atoms with Crippen LogP contribution in [0.1, 0.15) is 78.1 Å². The van der Waals surface area contributed by atoms with E-state index in [1.807, 2.05) is 13.2 Å². The molecule has 2 N–H and O–H groups in total. The van der Waals surface area contributed by atoms with Gasteiger partial charge in [0.1, 0.15) is 0 Å². The number of aliphatic hydroxyl groups excluding tert-OH is 1. The smallest absolute Gasteiger partial charge is 0.220 e. The Morgan fingerprint density at radius 3 is 2.05 bits per heavy atom. The Morgan fingerprint density at radius 2 is 1.57 bits per heavy atom. The minimum absolute atomic E-state index is 0.0380. The van der Waals surface area contributed by atoms with Crippen LogP contribution in [-0.4, -0.2) is 35.2 Å². The molecule has 0 aromatic rings. The Balaban J connectivity index is 3.45. The lowest BCUT2D eigenvalue weighted by molar-refractivity contribution is -0.121. The summed E-state index contributed by atoms with van der Waals surface area (Å²) < 4.78 is 0. The van der Waals surface area contributed by atoms with Crippen LogP contribution < -0.4 is 5.32 Å². The van der Waals surface area contributed by atoms with Crippen molar-refractivity contribution < 1.29 is 9.90 Å². The van der Waals surface area contributed by atoms with Crippen LogP contribution in [0.3, 0.4) is 0 Å². The van der Waals surface area contributed by atoms with E-state index in [0.717, 1.165) is 12.8 Å². The van der Waals surface area contributed by atoms with Crippen LogP contribution in [0.5, 0.6) is 0 Å². The molecule has 0 fully saturated rings. The summed E-state index contributed by atoms with van der Waals surface area (Å²) in [5, 5.41) is 12.3. The van der Waals surface area contributed by atoms with Crippen LogP contribution in [0.2, 0.25) is 0 Å². The zero-order valence-corrected chi connectivity index (χ0v) is 15.0. The molecule has 0 aliphatic heterocycles. The lowest BCUT2D eigenvalue weighted by Crippen LogP contribution is -2.41. The Kier molecular flexibility index (Phi) is 14.6. The number of amides is 1. The lowest BCUT2D eigenvalue weighted by Gasteiger charge is -2.21. The number of nitrogens with one attached hydrogen (secondary N) is 1. The molecular weight excluding hydrogens is 282 g/mol. The molecule has 0 aliphatic carbocycles. The van der Waals surface area contributed by atoms with Gasteiger partial charge >= 0.3 is 0 Å². The summed E-state index contributed by atoms with van der Waals surface area (Å²) >= 11 is 1.60. The second-order valence-electron chi connectivity index (χ2n) is 5.89. The van der Waals surface area contributed by atoms with Gasteiger partial charge in [0.15, 0.2) is 0 Å². The van der Waals surface area contributed by atoms with Crippen molar-refractivity contribution in [1.82, 2.24) is 5.32 Å². The largest absolute Gasteiger partial charge is 0.395 e. The maximum atomic E-state index is 11.8. The predicted molar refractivity (Wildman–Crippen MR) is 93.8 cm³/mol. The van der Waals surface area contributed by atoms with E-state index in [0.29, 0.717) is 6.42 Å². The standard InChI is InChI=1S/C17H35NO2S/c1-4-5-6-7-8-9-10-11-12-13-17(20)18-15(2)16(14-19)21-3/h15-16,19H,4-14H2,1-3H3,(H,18,20). The van der Waals surface area contributed by atoms with Crippen molar-refractivity contribution in [1.29, 1.82) is 0 Å². The molecule has 4 heteroatoms. The summed E-state index contributed by atoms with van der Waals surface area (Å²) in [6.45, 7) is 4.32. The molecule has 0 rings (SSSR count). The van der Waals surface area contributed by atoms with Crippen LogP contribution in [0.4, 0.5) is 0 Å². The molecule has 0 bridgehead atoms. The monoisotopic (exact) mass is 317 g/mol. The molecule has 0 spiro atoms. The van der Waals surface area contributed by atoms with Gasteiger partial charge in [-0.1, -0.05) is 58.3 Å². The van der Waals surface area contributed by atoms with Crippen LogP contribution in [0, 0.1) is 0 Å². The van der Waals surface area contributed by atoms with Gasteiger partial charge in [-0.25, -0.2) is 0 Å². The summed E-state index contributed by atoms with van der Waals surface area (Å²) in [6.07, 6.45) is 14.0. The number of carbonyl (C=O) groups is 1. The topological polar surface area (TPSA) is 49.3 Å². The molecule has 1 amide bonds. The van der Waals surface area contributed by atoms with Gasteiger partial charge in [0, 0.05) is 17.7 Å². The van der Waals surface area contributed by atoms with Gasteiger partial charge in [-0.05, 0) is 19.6 Å². The van der Waals surface area contributed by atoms with Crippen LogP contribution in [-0.2, 0) is 4.79 Å². The van der Waals surface area contributed by atoms with Gasteiger partial charge in [0.25, 0.3) is 0 Å². The highest BCUT2D eigenvalue weighted by molar-refractivity contribution is 7.99. The number of aliphatic hydroxyl groups is 1. The van der Waals surface area contributed by atoms with E-state index in [2.05, 4.69) is 12.2 Å². The van der Waals surface area contributed by atoms with Crippen molar-refractivity contribution in [2.75, 3.05) is 12.9 Å². The molecule has 0 saturated heterocycles. The third-order valence-corrected chi connectivity index (χ3v) is 5.10. The summed E-state index contributed by atoms with van der Waals surface area (Å²) in [5.74, 6) is 0.123. The number of carbonyl (C=O) groups excluding carboxylic acids is 1. The zero-order valence-electron chi connectivity index (χ0n) is 14.2. The number of unbranched alkanes of at least 4 members (excludes halogenated alkanes) is 8. The molecule has 126 valence electrons. The molecule has 0 radical (unpaired) electrons. The molecule has 2 unspecified atom stereocenters. The Morgan fingerprint density at radius 1 is 1.05 bits per heavy atom. The summed E-state index contributed by atoms with van der Waals surface area (Å²) in [5.41, 5.74) is 0. The van der Waals surface area contributed by atoms with E-state index < -0.39 is 0 Å². The van der Waals surface area contributed by atoms with Gasteiger partial charge in [0.2, 0.25) is 5.91 Å². The fourth-order valence-corrected chi connectivity index (χ4v) is 3.08. The summed E-state index contributed by atoms with van der Waals surface area (Å²) in [6, 6.07) is 0.0380. The average Bonchev–Trinajstić information content (AvgIpc) is 2.46. The molecule has 3 nitrogen and oxygen atoms in total. The first-order valence-corrected chi connectivity index (χ1v) is 9.87. The predicted octanol–water partition coefficient (Wildman–Crippen LogP) is 4.14. The Bertz CT molecular complexity index is 245. The molecule has 0 aromatic heterocycles. The van der Waals surface area contributed by atoms with E-state index >= 15 is 0 Å². The van der Waals surface area contributed by atoms with E-state index in [9.17, 15) is 9.90 Å². The van der Waals surface area contributed by atoms with Crippen molar-refractivity contribution >= 4 is 17.7 Å². The molecule has 2 atom stereocenters. The average molecular weight is 318 g/mol. The highest BCUT2D eigenvalue weighted by Gasteiger charge is 2.16. The second-order valence-corrected chi connectivity index (χ2v) is 6.97. The molecule has 0 heterocycles. The quantitative estimate of drug-likeness (QED) is 0.473. The van der Waals surface area contributed by atoms with Crippen LogP contribution in [0.15, 0.2) is 0 Å². The second kappa shape index (κ2) is 14.7. The fraction of sp³-hybridized carbons (Fsp3) is 0.941. The lowest BCUT2D eigenvalue weighted by atomic mass is 10.1. The molecule has 0 aromatic carbocycles. The van der Waals surface area contributed by atoms with Crippen molar-refractivity contribution in [3.8, 4) is 0 Å². The molecular formula is C17H35NO2S. The first-order valence-electron chi connectivity index (χ1n) is 8.58. The minimum atomic E-state index is 0.0380. The van der Waals surface area contributed by atoms with Gasteiger partial charge in [-0.2, -0.15) is 11.8 Å². The highest BCUT2D eigenvalue weighted by atomic mass is 32.2. The third kappa shape index (κ3) is 12.0. The van der Waals surface area contributed by atoms with Gasteiger partial charge < -0.3 is 10.4 Å². The maximum absolute atomic E-state index is 11.8. The highest BCUT2D eigenvalue weighted by Crippen LogP contribution is 2.12. The SMILES string of the molecule is CCCCCCCCCCCC(=O)NC(C)C(CO)SC. The third-order valence-electron chi connectivity index (χ3n) is 3.94. The first-order chi connectivity index (χ1) is 10.2. The van der Waals surface area contributed by atoms with E-state index in [4.69, 9.17) is 0 Å². The molecule has 21 heavy (non-hydrogen) atoms. The van der Waals surface area contributed by atoms with Crippen LogP contribution in [0.25, 0.3) is 0 Å². The van der Waals surface area contributed by atoms with E-state index in [1.165, 1.54) is 44.9 Å². The van der Waals surface area contributed by atoms with Gasteiger partial charge in [-0.15, -0.1) is 0 Å². The number of hydrogen-bond donors (Lipinski definition) is 2. The fourth-order valence-electron chi connectivity index (χ4n) is 2.45. The van der Waals surface area contributed by atoms with E-state index in [1.54, 1.807) is 11.8 Å². The minimum Gasteiger partial charge on any atom is -0.395 e. The van der Waals surface area contributed by atoms with Crippen molar-refractivity contribution in [2.45, 2.75) is 89.3 Å². The van der Waals surface area contributed by atoms with Crippen molar-refractivity contribution in [2.24, 2.45) is 0 Å². The Labute approximate surface area is 135 Å². The Hall–Kier alpha value is -0.220. The maximum Gasteiger partial charge on any atom is 0.220 e. The van der Waals surface area contributed by atoms with Gasteiger partial charge in [0.05, 0.1) is 6.61 Å². The number of hydrogen-bond acceptors (Lipinski definition) is 3. The van der Waals surface area contributed by atoms with Crippen molar-refractivity contribution in [3.05, 3.63) is 0 Å². The number of thioether (sulfide) groups is 1. The van der Waals surface area contributed by atoms with E-state index in [-0.39, 0.29) is 23.8 Å². The summed E-state index contributed by atoms with van der Waals surface area (Å²) in [7, 11) is 0. The normalized spacial score (nSPS) is 13.9. The van der Waals surface area contributed by atoms with Gasteiger partial charge in [-0.3, -0.25) is 4.79 Å². The molecule has 0 saturated carbocycles. The summed E-state index contributed by atoms with van der Waals surface area (Å²) in [4.78, 5) is 11.8. The first kappa shape index (κ1) is 20.8.